The van der Waals surface area contributed by atoms with Crippen LogP contribution in [0.5, 0.6) is 0 Å². The molecule has 0 saturated carbocycles. The second-order valence-electron chi connectivity index (χ2n) is 8.98. The molecule has 0 saturated heterocycles. The largest absolute Gasteiger partial charge is 0.466 e. The van der Waals surface area contributed by atoms with Crippen molar-refractivity contribution < 1.29 is 14.6 Å². The molecule has 29 heavy (non-hydrogen) atoms. The predicted octanol–water partition coefficient (Wildman–Crippen LogP) is 7.75. The Balaban J connectivity index is 3.32. The van der Waals surface area contributed by atoms with Crippen LogP contribution in [0.2, 0.25) is 0 Å². The lowest BCUT2D eigenvalue weighted by Gasteiger charge is -2.07. The van der Waals surface area contributed by atoms with Gasteiger partial charge in [-0.3, -0.25) is 4.79 Å². The number of unbranched alkanes of at least 4 members (excludes halogenated alkanes) is 10. The van der Waals surface area contributed by atoms with E-state index in [1.165, 1.54) is 51.4 Å². The molecule has 3 nitrogen and oxygen atoms in total. The highest BCUT2D eigenvalue weighted by Gasteiger charge is 2.03. The van der Waals surface area contributed by atoms with E-state index in [1.807, 2.05) is 0 Å². The summed E-state index contributed by atoms with van der Waals surface area (Å²) >= 11 is 0. The number of esters is 1. The smallest absolute Gasteiger partial charge is 0.305 e. The van der Waals surface area contributed by atoms with Crippen LogP contribution in [0.15, 0.2) is 12.2 Å². The van der Waals surface area contributed by atoms with Crippen molar-refractivity contribution >= 4 is 5.97 Å². The van der Waals surface area contributed by atoms with E-state index in [4.69, 9.17) is 4.74 Å². The maximum absolute atomic E-state index is 11.7. The molecule has 0 spiro atoms. The third kappa shape index (κ3) is 23.3. The van der Waals surface area contributed by atoms with Gasteiger partial charge in [0, 0.05) is 6.42 Å². The number of aliphatic hydroxyl groups is 1. The second-order valence-corrected chi connectivity index (χ2v) is 8.98. The Labute approximate surface area is 181 Å². The number of rotatable bonds is 21. The fourth-order valence-electron chi connectivity index (χ4n) is 3.45. The molecule has 0 aromatic carbocycles. The SMILES string of the molecule is CCCCCC[C@@H](O)CC=CCCCCCCCC(=O)OCCCCCC(C)C. The fraction of sp³-hybridized carbons (Fsp3) is 0.885. The summed E-state index contributed by atoms with van der Waals surface area (Å²) in [7, 11) is 0. The Morgan fingerprint density at radius 1 is 0.828 bits per heavy atom. The van der Waals surface area contributed by atoms with Gasteiger partial charge in [0.05, 0.1) is 12.7 Å². The molecule has 0 fully saturated rings. The van der Waals surface area contributed by atoms with E-state index < -0.39 is 0 Å². The van der Waals surface area contributed by atoms with Gasteiger partial charge < -0.3 is 9.84 Å². The molecule has 0 aromatic rings. The highest BCUT2D eigenvalue weighted by Crippen LogP contribution is 2.11. The number of carbonyl (C=O) groups is 1. The van der Waals surface area contributed by atoms with Crippen molar-refractivity contribution in [2.24, 2.45) is 5.92 Å². The van der Waals surface area contributed by atoms with Crippen LogP contribution >= 0.6 is 0 Å². The predicted molar refractivity (Wildman–Crippen MR) is 125 cm³/mol. The molecule has 0 aliphatic heterocycles. The Kier molecular flexibility index (Phi) is 21.2. The van der Waals surface area contributed by atoms with Gasteiger partial charge in [0.1, 0.15) is 0 Å². The Morgan fingerprint density at radius 3 is 2.24 bits per heavy atom. The van der Waals surface area contributed by atoms with Gasteiger partial charge in [-0.15, -0.1) is 0 Å². The minimum absolute atomic E-state index is 0.0231. The highest BCUT2D eigenvalue weighted by molar-refractivity contribution is 5.69. The molecule has 0 aliphatic carbocycles. The average Bonchev–Trinajstić information content (AvgIpc) is 2.69. The molecule has 0 heterocycles. The number of carbonyl (C=O) groups excluding carboxylic acids is 1. The summed E-state index contributed by atoms with van der Waals surface area (Å²) in [6.07, 6.45) is 22.9. The van der Waals surface area contributed by atoms with Crippen molar-refractivity contribution in [2.75, 3.05) is 6.61 Å². The third-order valence-corrected chi connectivity index (χ3v) is 5.41. The molecule has 3 heteroatoms. The number of allylic oxidation sites excluding steroid dienone is 1. The number of hydrogen-bond donors (Lipinski definition) is 1. The molecule has 0 rings (SSSR count). The normalized spacial score (nSPS) is 12.7. The zero-order valence-corrected chi connectivity index (χ0v) is 19.8. The lowest BCUT2D eigenvalue weighted by atomic mass is 10.1. The van der Waals surface area contributed by atoms with E-state index >= 15 is 0 Å². The van der Waals surface area contributed by atoms with Crippen LogP contribution in [-0.2, 0) is 9.53 Å². The fourth-order valence-corrected chi connectivity index (χ4v) is 3.45. The van der Waals surface area contributed by atoms with Gasteiger partial charge in [-0.1, -0.05) is 97.1 Å². The van der Waals surface area contributed by atoms with E-state index in [1.54, 1.807) is 0 Å². The van der Waals surface area contributed by atoms with Gasteiger partial charge >= 0.3 is 5.97 Å². The molecule has 172 valence electrons. The summed E-state index contributed by atoms with van der Waals surface area (Å²) in [5.41, 5.74) is 0. The van der Waals surface area contributed by atoms with Crippen molar-refractivity contribution in [3.8, 4) is 0 Å². The van der Waals surface area contributed by atoms with Gasteiger partial charge in [0.15, 0.2) is 0 Å². The topological polar surface area (TPSA) is 46.5 Å². The number of aliphatic hydroxyl groups excluding tert-OH is 1. The first kappa shape index (κ1) is 28.2. The van der Waals surface area contributed by atoms with Gasteiger partial charge in [-0.25, -0.2) is 0 Å². The van der Waals surface area contributed by atoms with Crippen LogP contribution in [0.25, 0.3) is 0 Å². The average molecular weight is 411 g/mol. The monoisotopic (exact) mass is 410 g/mol. The molecule has 0 unspecified atom stereocenters. The van der Waals surface area contributed by atoms with Crippen LogP contribution in [-0.4, -0.2) is 23.8 Å². The standard InChI is InChI=1S/C26H50O3/c1-4-5-6-15-20-25(27)21-16-11-9-7-8-10-12-17-22-26(28)29-23-18-13-14-19-24(2)3/h11,16,24-25,27H,4-10,12-15,17-23H2,1-3H3/t25-/m1/s1. The van der Waals surface area contributed by atoms with E-state index in [0.29, 0.717) is 13.0 Å². The summed E-state index contributed by atoms with van der Waals surface area (Å²) in [5, 5.41) is 9.92. The van der Waals surface area contributed by atoms with Crippen LogP contribution in [0.4, 0.5) is 0 Å². The van der Waals surface area contributed by atoms with E-state index in [0.717, 1.165) is 57.3 Å². The zero-order valence-electron chi connectivity index (χ0n) is 19.8. The molecule has 0 amide bonds. The maximum atomic E-state index is 11.7. The van der Waals surface area contributed by atoms with Crippen molar-refractivity contribution in [3.05, 3.63) is 12.2 Å². The van der Waals surface area contributed by atoms with Crippen LogP contribution in [0.3, 0.4) is 0 Å². The van der Waals surface area contributed by atoms with Crippen molar-refractivity contribution in [3.63, 3.8) is 0 Å². The van der Waals surface area contributed by atoms with Crippen LogP contribution in [0.1, 0.15) is 130 Å². The van der Waals surface area contributed by atoms with E-state index in [9.17, 15) is 9.90 Å². The van der Waals surface area contributed by atoms with Gasteiger partial charge in [-0.2, -0.15) is 0 Å². The number of hydrogen-bond acceptors (Lipinski definition) is 3. The minimum atomic E-state index is -0.164. The molecular weight excluding hydrogens is 360 g/mol. The summed E-state index contributed by atoms with van der Waals surface area (Å²) in [6, 6.07) is 0. The first-order valence-electron chi connectivity index (χ1n) is 12.5. The Bertz CT molecular complexity index is 376. The van der Waals surface area contributed by atoms with Gasteiger partial charge in [0.25, 0.3) is 0 Å². The molecule has 1 N–H and O–H groups in total. The van der Waals surface area contributed by atoms with E-state index in [2.05, 4.69) is 32.9 Å². The first-order chi connectivity index (χ1) is 14.1. The van der Waals surface area contributed by atoms with Crippen molar-refractivity contribution in [1.29, 1.82) is 0 Å². The Morgan fingerprint density at radius 2 is 1.48 bits per heavy atom. The van der Waals surface area contributed by atoms with Crippen molar-refractivity contribution in [2.45, 2.75) is 136 Å². The minimum Gasteiger partial charge on any atom is -0.466 e. The van der Waals surface area contributed by atoms with Gasteiger partial charge in [0.2, 0.25) is 0 Å². The lowest BCUT2D eigenvalue weighted by Crippen LogP contribution is -2.05. The molecule has 0 aromatic heterocycles. The quantitative estimate of drug-likeness (QED) is 0.119. The molecule has 0 bridgehead atoms. The molecule has 1 atom stereocenters. The van der Waals surface area contributed by atoms with E-state index in [-0.39, 0.29) is 12.1 Å². The molecule has 0 radical (unpaired) electrons. The lowest BCUT2D eigenvalue weighted by molar-refractivity contribution is -0.143. The maximum Gasteiger partial charge on any atom is 0.305 e. The first-order valence-corrected chi connectivity index (χ1v) is 12.5. The second kappa shape index (κ2) is 21.9. The van der Waals surface area contributed by atoms with Crippen molar-refractivity contribution in [1.82, 2.24) is 0 Å². The Hall–Kier alpha value is -0.830. The van der Waals surface area contributed by atoms with Crippen LogP contribution < -0.4 is 0 Å². The summed E-state index contributed by atoms with van der Waals surface area (Å²) < 4.78 is 5.31. The molecular formula is C26H50O3. The third-order valence-electron chi connectivity index (χ3n) is 5.41. The van der Waals surface area contributed by atoms with Gasteiger partial charge in [-0.05, 0) is 44.4 Å². The molecule has 0 aliphatic rings. The van der Waals surface area contributed by atoms with Crippen LogP contribution in [0, 0.1) is 5.92 Å². The summed E-state index contributed by atoms with van der Waals surface area (Å²) in [4.78, 5) is 11.7. The number of ether oxygens (including phenoxy) is 1. The summed E-state index contributed by atoms with van der Waals surface area (Å²) in [6.45, 7) is 7.31. The summed E-state index contributed by atoms with van der Waals surface area (Å²) in [5.74, 6) is 0.747. The highest BCUT2D eigenvalue weighted by atomic mass is 16.5. The zero-order chi connectivity index (χ0) is 21.6.